The fourth-order valence-electron chi connectivity index (χ4n) is 4.12. The highest BCUT2D eigenvalue weighted by molar-refractivity contribution is 7.89. The molecule has 4 aromatic rings. The second-order valence-corrected chi connectivity index (χ2v) is 10.2. The van der Waals surface area contributed by atoms with Gasteiger partial charge in [0.05, 0.1) is 12.0 Å². The van der Waals surface area contributed by atoms with Gasteiger partial charge in [0.2, 0.25) is 15.9 Å². The van der Waals surface area contributed by atoms with Crippen LogP contribution < -0.4 is 19.1 Å². The van der Waals surface area contributed by atoms with Gasteiger partial charge in [0.1, 0.15) is 12.4 Å². The molecular weight excluding hydrogens is 541 g/mol. The molecule has 5 rings (SSSR count). The molecule has 0 spiro atoms. The number of ether oxygens (including phenoxy) is 2. The van der Waals surface area contributed by atoms with Crippen LogP contribution in [0.15, 0.2) is 59.5 Å². The summed E-state index contributed by atoms with van der Waals surface area (Å²) in [5.41, 5.74) is 1.58. The SMILES string of the molecule is COc1cccc(-c2nnc3ccc(OCCNS(=O)(=O)c4ccc5c(c4)CCN5C(=O)C(F)(F)F)nn23)c1. The van der Waals surface area contributed by atoms with E-state index in [1.54, 1.807) is 37.4 Å². The normalized spacial score (nSPS) is 13.5. The number of hydrogen-bond donors (Lipinski definition) is 1. The van der Waals surface area contributed by atoms with Crippen molar-refractivity contribution in [3.05, 3.63) is 60.2 Å². The number of benzene rings is 2. The molecular formula is C24H21F3N6O5S. The summed E-state index contributed by atoms with van der Waals surface area (Å²) in [7, 11) is -2.44. The second-order valence-electron chi connectivity index (χ2n) is 8.44. The Morgan fingerprint density at radius 3 is 2.69 bits per heavy atom. The maximum Gasteiger partial charge on any atom is 0.471 e. The molecule has 3 heterocycles. The minimum atomic E-state index is -5.02. The Hall–Kier alpha value is -4.24. The van der Waals surface area contributed by atoms with Crippen LogP contribution in [0.3, 0.4) is 0 Å². The maximum absolute atomic E-state index is 12.8. The molecule has 0 unspecified atom stereocenters. The predicted molar refractivity (Wildman–Crippen MR) is 132 cm³/mol. The summed E-state index contributed by atoms with van der Waals surface area (Å²) in [5.74, 6) is -0.680. The second kappa shape index (κ2) is 10.1. The van der Waals surface area contributed by atoms with Gasteiger partial charge in [-0.15, -0.1) is 15.3 Å². The van der Waals surface area contributed by atoms with E-state index in [9.17, 15) is 26.4 Å². The zero-order valence-electron chi connectivity index (χ0n) is 20.3. The summed E-state index contributed by atoms with van der Waals surface area (Å²) in [6.07, 6.45) is -4.91. The molecule has 0 radical (unpaired) electrons. The Morgan fingerprint density at radius 2 is 1.92 bits per heavy atom. The van der Waals surface area contributed by atoms with E-state index in [1.165, 1.54) is 16.6 Å². The van der Waals surface area contributed by atoms with Crippen LogP contribution in [-0.2, 0) is 21.2 Å². The Balaban J connectivity index is 1.23. The number of nitrogens with zero attached hydrogens (tertiary/aromatic N) is 5. The van der Waals surface area contributed by atoms with Crippen molar-refractivity contribution in [1.29, 1.82) is 0 Å². The zero-order valence-corrected chi connectivity index (χ0v) is 21.2. The van der Waals surface area contributed by atoms with Crippen LogP contribution in [-0.4, -0.2) is 67.1 Å². The molecule has 0 aliphatic carbocycles. The molecule has 0 atom stereocenters. The van der Waals surface area contributed by atoms with E-state index in [0.717, 1.165) is 11.6 Å². The van der Waals surface area contributed by atoms with Crippen molar-refractivity contribution in [3.8, 4) is 23.0 Å². The molecule has 15 heteroatoms. The number of carbonyl (C=O) groups is 1. The number of alkyl halides is 3. The van der Waals surface area contributed by atoms with Gasteiger partial charge in [0.25, 0.3) is 0 Å². The first-order valence-corrected chi connectivity index (χ1v) is 13.1. The molecule has 2 aromatic carbocycles. The van der Waals surface area contributed by atoms with Crippen molar-refractivity contribution in [2.45, 2.75) is 17.5 Å². The van der Waals surface area contributed by atoms with Gasteiger partial charge < -0.3 is 14.4 Å². The lowest BCUT2D eigenvalue weighted by atomic mass is 10.2. The summed E-state index contributed by atoms with van der Waals surface area (Å²) < 4.78 is 78.7. The van der Waals surface area contributed by atoms with Gasteiger partial charge in [0, 0.05) is 30.4 Å². The van der Waals surface area contributed by atoms with Crippen molar-refractivity contribution >= 4 is 27.3 Å². The van der Waals surface area contributed by atoms with Crippen molar-refractivity contribution < 1.29 is 35.9 Å². The number of fused-ring (bicyclic) bond motifs is 2. The molecule has 0 bridgehead atoms. The Bertz CT molecular complexity index is 1660. The van der Waals surface area contributed by atoms with Crippen molar-refractivity contribution in [2.75, 3.05) is 31.7 Å². The highest BCUT2D eigenvalue weighted by Crippen LogP contribution is 2.33. The Morgan fingerprint density at radius 1 is 1.10 bits per heavy atom. The summed E-state index contributed by atoms with van der Waals surface area (Å²) >= 11 is 0. The molecule has 204 valence electrons. The topological polar surface area (TPSA) is 128 Å². The minimum Gasteiger partial charge on any atom is -0.497 e. The zero-order chi connectivity index (χ0) is 27.8. The number of anilines is 1. The molecule has 1 aliphatic heterocycles. The van der Waals surface area contributed by atoms with Gasteiger partial charge in [0.15, 0.2) is 11.5 Å². The van der Waals surface area contributed by atoms with Crippen molar-refractivity contribution in [1.82, 2.24) is 24.5 Å². The van der Waals surface area contributed by atoms with E-state index in [2.05, 4.69) is 20.0 Å². The third-order valence-corrected chi connectivity index (χ3v) is 7.41. The molecule has 1 amide bonds. The van der Waals surface area contributed by atoms with E-state index in [0.29, 0.717) is 27.7 Å². The number of carbonyl (C=O) groups excluding carboxylic acids is 1. The molecule has 1 N–H and O–H groups in total. The number of methoxy groups -OCH3 is 1. The fraction of sp³-hybridized carbons (Fsp3) is 0.250. The largest absolute Gasteiger partial charge is 0.497 e. The summed E-state index contributed by atoms with van der Waals surface area (Å²) in [5, 5.41) is 12.6. The standard InChI is InChI=1S/C24H21F3N6O5S/c1-37-17-4-2-3-16(13-17)22-30-29-20-7-8-21(31-33(20)22)38-12-10-28-39(35,36)18-5-6-19-15(14-18)9-11-32(19)23(34)24(25,26)27/h2-8,13-14,28H,9-12H2,1H3. The van der Waals surface area contributed by atoms with Crippen molar-refractivity contribution in [2.24, 2.45) is 0 Å². The first kappa shape index (κ1) is 26.4. The third kappa shape index (κ3) is 5.35. The smallest absolute Gasteiger partial charge is 0.471 e. The van der Waals surface area contributed by atoms with Crippen LogP contribution in [0.5, 0.6) is 11.6 Å². The average Bonchev–Trinajstić information content (AvgIpc) is 3.54. The van der Waals surface area contributed by atoms with Gasteiger partial charge >= 0.3 is 12.1 Å². The van der Waals surface area contributed by atoms with E-state index in [1.807, 2.05) is 6.07 Å². The molecule has 0 saturated heterocycles. The van der Waals surface area contributed by atoms with Gasteiger partial charge in [-0.25, -0.2) is 13.1 Å². The predicted octanol–water partition coefficient (Wildman–Crippen LogP) is 2.61. The van der Waals surface area contributed by atoms with Crippen LogP contribution >= 0.6 is 0 Å². The van der Waals surface area contributed by atoms with E-state index < -0.39 is 22.1 Å². The number of sulfonamides is 1. The number of hydrogen-bond acceptors (Lipinski definition) is 8. The average molecular weight is 563 g/mol. The van der Waals surface area contributed by atoms with E-state index in [4.69, 9.17) is 9.47 Å². The van der Waals surface area contributed by atoms with Crippen LogP contribution in [0.4, 0.5) is 18.9 Å². The van der Waals surface area contributed by atoms with Crippen LogP contribution in [0.1, 0.15) is 5.56 Å². The van der Waals surface area contributed by atoms with Gasteiger partial charge in [-0.1, -0.05) is 12.1 Å². The number of aromatic nitrogens is 4. The first-order chi connectivity index (χ1) is 18.6. The molecule has 2 aromatic heterocycles. The summed E-state index contributed by atoms with van der Waals surface area (Å²) in [4.78, 5) is 12.1. The minimum absolute atomic E-state index is 0.0448. The number of halogens is 3. The highest BCUT2D eigenvalue weighted by Gasteiger charge is 2.44. The highest BCUT2D eigenvalue weighted by atomic mass is 32.2. The molecule has 11 nitrogen and oxygen atoms in total. The monoisotopic (exact) mass is 562 g/mol. The molecule has 0 fully saturated rings. The Labute approximate surface area is 220 Å². The van der Waals surface area contributed by atoms with Crippen LogP contribution in [0, 0.1) is 0 Å². The lowest BCUT2D eigenvalue weighted by Gasteiger charge is -2.19. The van der Waals surface area contributed by atoms with Gasteiger partial charge in [-0.2, -0.15) is 17.7 Å². The number of amides is 1. The lowest BCUT2D eigenvalue weighted by Crippen LogP contribution is -2.40. The van der Waals surface area contributed by atoms with E-state index in [-0.39, 0.29) is 42.6 Å². The first-order valence-electron chi connectivity index (χ1n) is 11.6. The lowest BCUT2D eigenvalue weighted by molar-refractivity contribution is -0.170. The summed E-state index contributed by atoms with van der Waals surface area (Å²) in [6.45, 7) is -0.350. The number of rotatable bonds is 8. The van der Waals surface area contributed by atoms with Gasteiger partial charge in [-0.05, 0) is 48.4 Å². The number of nitrogens with one attached hydrogen (secondary N) is 1. The van der Waals surface area contributed by atoms with E-state index >= 15 is 0 Å². The third-order valence-electron chi connectivity index (χ3n) is 5.95. The molecule has 1 aliphatic rings. The molecule has 0 saturated carbocycles. The maximum atomic E-state index is 12.8. The van der Waals surface area contributed by atoms with Crippen molar-refractivity contribution in [3.63, 3.8) is 0 Å². The fourth-order valence-corrected chi connectivity index (χ4v) is 5.18. The molecule has 39 heavy (non-hydrogen) atoms. The van der Waals surface area contributed by atoms with Crippen LogP contribution in [0.2, 0.25) is 0 Å². The quantitative estimate of drug-likeness (QED) is 0.325. The summed E-state index contributed by atoms with van der Waals surface area (Å²) in [6, 6.07) is 14.1. The van der Waals surface area contributed by atoms with Gasteiger partial charge in [-0.3, -0.25) is 4.79 Å². The Kier molecular flexibility index (Phi) is 6.86. The van der Waals surface area contributed by atoms with Crippen LogP contribution in [0.25, 0.3) is 17.0 Å².